The molecular formula is C15H12N2O4. The van der Waals surface area contributed by atoms with Crippen LogP contribution in [0.1, 0.15) is 20.8 Å². The Kier molecular flexibility index (Phi) is 3.27. The third-order valence-electron chi connectivity index (χ3n) is 3.21. The van der Waals surface area contributed by atoms with Crippen molar-refractivity contribution in [2.45, 2.75) is 0 Å². The first-order chi connectivity index (χ1) is 10.2. The number of pyridine rings is 1. The standard InChI is InChI=1S/C15H12N2O4/c18-14(11-5-1-2-7-16-11)17-8-9-21-13-10(15(19)20)4-3-6-12(13)17/h1-7H,8-9H2,(H,19,20). The first kappa shape index (κ1) is 13.1. The fraction of sp³-hybridized carbons (Fsp3) is 0.133. The number of anilines is 1. The molecule has 1 aromatic carbocycles. The van der Waals surface area contributed by atoms with Crippen molar-refractivity contribution in [2.24, 2.45) is 0 Å². The second-order valence-corrected chi connectivity index (χ2v) is 4.48. The summed E-state index contributed by atoms with van der Waals surface area (Å²) in [6, 6.07) is 9.80. The number of rotatable bonds is 2. The van der Waals surface area contributed by atoms with Crippen LogP contribution >= 0.6 is 0 Å². The van der Waals surface area contributed by atoms with Crippen molar-refractivity contribution in [2.75, 3.05) is 18.1 Å². The molecule has 2 heterocycles. The van der Waals surface area contributed by atoms with E-state index in [2.05, 4.69) is 4.98 Å². The minimum absolute atomic E-state index is 0.0472. The fourth-order valence-corrected chi connectivity index (χ4v) is 2.26. The van der Waals surface area contributed by atoms with E-state index in [0.29, 0.717) is 17.9 Å². The van der Waals surface area contributed by atoms with Crippen molar-refractivity contribution >= 4 is 17.6 Å². The van der Waals surface area contributed by atoms with Crippen LogP contribution in [0.5, 0.6) is 5.75 Å². The highest BCUT2D eigenvalue weighted by molar-refractivity contribution is 6.07. The highest BCUT2D eigenvalue weighted by Crippen LogP contribution is 2.35. The Morgan fingerprint density at radius 2 is 2.05 bits per heavy atom. The predicted molar refractivity (Wildman–Crippen MR) is 74.8 cm³/mol. The van der Waals surface area contributed by atoms with E-state index in [1.54, 1.807) is 36.5 Å². The van der Waals surface area contributed by atoms with E-state index in [1.807, 2.05) is 0 Å². The molecule has 1 aromatic heterocycles. The molecule has 6 heteroatoms. The molecule has 0 saturated carbocycles. The maximum atomic E-state index is 12.5. The lowest BCUT2D eigenvalue weighted by Crippen LogP contribution is -2.38. The molecule has 0 bridgehead atoms. The van der Waals surface area contributed by atoms with Gasteiger partial charge in [0.2, 0.25) is 0 Å². The summed E-state index contributed by atoms with van der Waals surface area (Å²) < 4.78 is 5.44. The highest BCUT2D eigenvalue weighted by Gasteiger charge is 2.28. The molecule has 0 fully saturated rings. The number of carboxylic acid groups (broad SMARTS) is 1. The Morgan fingerprint density at radius 3 is 2.76 bits per heavy atom. The van der Waals surface area contributed by atoms with Gasteiger partial charge in [0.05, 0.1) is 12.2 Å². The zero-order valence-electron chi connectivity index (χ0n) is 11.0. The van der Waals surface area contributed by atoms with Gasteiger partial charge in [-0.2, -0.15) is 0 Å². The topological polar surface area (TPSA) is 79.7 Å². The average Bonchev–Trinajstić information content (AvgIpc) is 2.53. The lowest BCUT2D eigenvalue weighted by atomic mass is 10.1. The number of para-hydroxylation sites is 1. The summed E-state index contributed by atoms with van der Waals surface area (Å²) in [6.07, 6.45) is 1.54. The van der Waals surface area contributed by atoms with Gasteiger partial charge in [-0.15, -0.1) is 0 Å². The number of carbonyl (C=O) groups is 2. The number of fused-ring (bicyclic) bond motifs is 1. The molecule has 1 aliphatic rings. The molecule has 106 valence electrons. The van der Waals surface area contributed by atoms with Crippen molar-refractivity contribution in [3.8, 4) is 5.75 Å². The number of benzene rings is 1. The summed E-state index contributed by atoms with van der Waals surface area (Å²) in [4.78, 5) is 29.3. The van der Waals surface area contributed by atoms with Crippen LogP contribution in [0, 0.1) is 0 Å². The molecule has 1 N–H and O–H groups in total. The second-order valence-electron chi connectivity index (χ2n) is 4.48. The van der Waals surface area contributed by atoms with Gasteiger partial charge in [0, 0.05) is 6.20 Å². The third-order valence-corrected chi connectivity index (χ3v) is 3.21. The summed E-state index contributed by atoms with van der Waals surface area (Å²) in [5.74, 6) is -1.14. The monoisotopic (exact) mass is 284 g/mol. The molecule has 1 amide bonds. The fourth-order valence-electron chi connectivity index (χ4n) is 2.26. The minimum Gasteiger partial charge on any atom is -0.489 e. The van der Waals surface area contributed by atoms with Crippen molar-refractivity contribution in [3.05, 3.63) is 53.9 Å². The molecule has 6 nitrogen and oxygen atoms in total. The average molecular weight is 284 g/mol. The van der Waals surface area contributed by atoms with Crippen LogP contribution in [0.4, 0.5) is 5.69 Å². The molecule has 2 aromatic rings. The van der Waals surface area contributed by atoms with Crippen LogP contribution in [0.15, 0.2) is 42.6 Å². The van der Waals surface area contributed by atoms with E-state index in [-0.39, 0.29) is 23.8 Å². The summed E-state index contributed by atoms with van der Waals surface area (Å²) in [6.45, 7) is 0.599. The van der Waals surface area contributed by atoms with Crippen LogP contribution in [-0.2, 0) is 0 Å². The summed E-state index contributed by atoms with van der Waals surface area (Å²) in [5, 5.41) is 9.19. The lowest BCUT2D eigenvalue weighted by molar-refractivity contribution is 0.0690. The van der Waals surface area contributed by atoms with Crippen molar-refractivity contribution < 1.29 is 19.4 Å². The van der Waals surface area contributed by atoms with Gasteiger partial charge in [0.25, 0.3) is 5.91 Å². The maximum absolute atomic E-state index is 12.5. The number of amides is 1. The van der Waals surface area contributed by atoms with E-state index >= 15 is 0 Å². The molecule has 0 saturated heterocycles. The van der Waals surface area contributed by atoms with Gasteiger partial charge < -0.3 is 14.7 Å². The number of aromatic carboxylic acids is 1. The summed E-state index contributed by atoms with van der Waals surface area (Å²) in [7, 11) is 0. The van der Waals surface area contributed by atoms with Gasteiger partial charge in [-0.1, -0.05) is 12.1 Å². The van der Waals surface area contributed by atoms with E-state index in [1.165, 1.54) is 11.0 Å². The highest BCUT2D eigenvalue weighted by atomic mass is 16.5. The molecule has 0 radical (unpaired) electrons. The third kappa shape index (κ3) is 2.31. The van der Waals surface area contributed by atoms with Crippen LogP contribution in [-0.4, -0.2) is 35.1 Å². The predicted octanol–water partition coefficient (Wildman–Crippen LogP) is 1.82. The largest absolute Gasteiger partial charge is 0.489 e. The quantitative estimate of drug-likeness (QED) is 0.909. The van der Waals surface area contributed by atoms with E-state index in [4.69, 9.17) is 4.74 Å². The lowest BCUT2D eigenvalue weighted by Gasteiger charge is -2.30. The van der Waals surface area contributed by atoms with E-state index in [0.717, 1.165) is 0 Å². The number of carboxylic acids is 1. The molecule has 0 unspecified atom stereocenters. The van der Waals surface area contributed by atoms with Crippen molar-refractivity contribution in [1.29, 1.82) is 0 Å². The number of aromatic nitrogens is 1. The molecular weight excluding hydrogens is 272 g/mol. The van der Waals surface area contributed by atoms with Gasteiger partial charge in [0.1, 0.15) is 17.9 Å². The Morgan fingerprint density at radius 1 is 1.19 bits per heavy atom. The zero-order chi connectivity index (χ0) is 14.8. The number of carbonyl (C=O) groups excluding carboxylic acids is 1. The number of ether oxygens (including phenoxy) is 1. The first-order valence-corrected chi connectivity index (χ1v) is 6.40. The summed E-state index contributed by atoms with van der Waals surface area (Å²) in [5.41, 5.74) is 0.814. The van der Waals surface area contributed by atoms with Crippen molar-refractivity contribution in [1.82, 2.24) is 4.98 Å². The Hall–Kier alpha value is -2.89. The molecule has 3 rings (SSSR count). The van der Waals surface area contributed by atoms with Crippen LogP contribution in [0.2, 0.25) is 0 Å². The molecule has 21 heavy (non-hydrogen) atoms. The number of hydrogen-bond acceptors (Lipinski definition) is 4. The summed E-state index contributed by atoms with van der Waals surface area (Å²) >= 11 is 0. The second kappa shape index (κ2) is 5.24. The number of hydrogen-bond donors (Lipinski definition) is 1. The van der Waals surface area contributed by atoms with Gasteiger partial charge in [-0.25, -0.2) is 4.79 Å². The molecule has 0 spiro atoms. The molecule has 0 aliphatic carbocycles. The molecule has 1 aliphatic heterocycles. The Labute approximate surface area is 120 Å². The van der Waals surface area contributed by atoms with Crippen LogP contribution < -0.4 is 9.64 Å². The van der Waals surface area contributed by atoms with Gasteiger partial charge in [0.15, 0.2) is 5.75 Å². The van der Waals surface area contributed by atoms with Gasteiger partial charge in [-0.3, -0.25) is 9.78 Å². The SMILES string of the molecule is O=C(O)c1cccc2c1OCCN2C(=O)c1ccccn1. The van der Waals surface area contributed by atoms with Gasteiger partial charge >= 0.3 is 5.97 Å². The zero-order valence-corrected chi connectivity index (χ0v) is 11.0. The smallest absolute Gasteiger partial charge is 0.339 e. The molecule has 0 atom stereocenters. The van der Waals surface area contributed by atoms with E-state index in [9.17, 15) is 14.7 Å². The maximum Gasteiger partial charge on any atom is 0.339 e. The van der Waals surface area contributed by atoms with Gasteiger partial charge in [-0.05, 0) is 24.3 Å². The van der Waals surface area contributed by atoms with E-state index < -0.39 is 5.97 Å². The van der Waals surface area contributed by atoms with Crippen LogP contribution in [0.25, 0.3) is 0 Å². The first-order valence-electron chi connectivity index (χ1n) is 6.40. The Balaban J connectivity index is 2.04. The normalized spacial score (nSPS) is 13.2. The number of nitrogens with zero attached hydrogens (tertiary/aromatic N) is 2. The Bertz CT molecular complexity index is 700. The van der Waals surface area contributed by atoms with Crippen LogP contribution in [0.3, 0.4) is 0 Å². The minimum atomic E-state index is -1.08. The van der Waals surface area contributed by atoms with Crippen molar-refractivity contribution in [3.63, 3.8) is 0 Å².